The van der Waals surface area contributed by atoms with Crippen molar-refractivity contribution < 1.29 is 1.37 Å². The molecule has 0 aromatic carbocycles. The summed E-state index contributed by atoms with van der Waals surface area (Å²) in [5.41, 5.74) is -0.275. The van der Waals surface area contributed by atoms with Crippen molar-refractivity contribution in [3.05, 3.63) is 12.7 Å². The summed E-state index contributed by atoms with van der Waals surface area (Å²) >= 11 is 3.77. The van der Waals surface area contributed by atoms with Crippen LogP contribution >= 0.6 is 12.6 Å². The highest BCUT2D eigenvalue weighted by atomic mass is 32.1. The van der Waals surface area contributed by atoms with Gasteiger partial charge in [-0.05, 0) is 12.1 Å². The molecule has 0 fully saturated rings. The molecule has 0 aromatic rings. The Hall–Kier alpha value is 0.0900. The normalized spacial score (nSPS) is 16.6. The maximum atomic E-state index is 6.77. The van der Waals surface area contributed by atoms with Crippen LogP contribution in [0.4, 0.5) is 0 Å². The van der Waals surface area contributed by atoms with Crippen molar-refractivity contribution in [1.29, 1.82) is 0 Å². The molecule has 0 aromatic heterocycles. The Kier molecular flexibility index (Phi) is 2.69. The van der Waals surface area contributed by atoms with Crippen molar-refractivity contribution in [3.63, 3.8) is 0 Å². The Balaban J connectivity index is 2.81. The predicted molar refractivity (Wildman–Crippen MR) is 28.7 cm³/mol. The second-order valence-corrected chi connectivity index (χ2v) is 1.07. The van der Waals surface area contributed by atoms with Gasteiger partial charge in [0.25, 0.3) is 0 Å². The Morgan fingerprint density at radius 2 is 2.80 bits per heavy atom. The van der Waals surface area contributed by atoms with E-state index in [1.54, 1.807) is 6.08 Å². The monoisotopic (exact) mass is 89.0 g/mol. The summed E-state index contributed by atoms with van der Waals surface area (Å²) in [6.45, 7) is 3.43. The van der Waals surface area contributed by atoms with Gasteiger partial charge < -0.3 is 0 Å². The van der Waals surface area contributed by atoms with Crippen LogP contribution in [0.2, 0.25) is 0 Å². The van der Waals surface area contributed by atoms with Crippen LogP contribution in [-0.4, -0.2) is 5.73 Å². The summed E-state index contributed by atoms with van der Waals surface area (Å²) in [7, 11) is 0. The molecule has 0 N–H and O–H groups in total. The molecular weight excluding hydrogens is 80.1 g/mol. The Morgan fingerprint density at radius 1 is 2.20 bits per heavy atom. The minimum atomic E-state index is -0.275. The third-order valence-corrected chi connectivity index (χ3v) is 0.483. The lowest BCUT2D eigenvalue weighted by Crippen LogP contribution is -1.59. The first kappa shape index (κ1) is 3.29. The van der Waals surface area contributed by atoms with Crippen molar-refractivity contribution in [1.82, 2.24) is 0 Å². The van der Waals surface area contributed by atoms with Crippen LogP contribution in [0, 0.1) is 0 Å². The molecular formula is C4H8S. The van der Waals surface area contributed by atoms with Gasteiger partial charge in [0.05, 0.1) is 0 Å². The zero-order valence-corrected chi connectivity index (χ0v) is 3.91. The molecule has 0 heterocycles. The lowest BCUT2D eigenvalue weighted by Gasteiger charge is -1.72. The van der Waals surface area contributed by atoms with Crippen molar-refractivity contribution in [2.75, 3.05) is 5.73 Å². The van der Waals surface area contributed by atoms with E-state index in [9.17, 15) is 0 Å². The fourth-order valence-corrected chi connectivity index (χ4v) is 0.224. The van der Waals surface area contributed by atoms with Crippen LogP contribution in [0.1, 0.15) is 7.79 Å². The third kappa shape index (κ3) is 4.09. The summed E-state index contributed by atoms with van der Waals surface area (Å²) in [5, 5.41) is 0. The highest BCUT2D eigenvalue weighted by molar-refractivity contribution is 7.80. The topological polar surface area (TPSA) is 0 Å². The maximum absolute atomic E-state index is 6.77. The molecule has 0 unspecified atom stereocenters. The molecule has 0 saturated carbocycles. The maximum Gasteiger partial charge on any atom is 0.0381 e. The van der Waals surface area contributed by atoms with Gasteiger partial charge in [0, 0.05) is 1.37 Å². The van der Waals surface area contributed by atoms with E-state index in [2.05, 4.69) is 19.2 Å². The largest absolute Gasteiger partial charge is 0.179 e. The molecule has 0 aliphatic rings. The Morgan fingerprint density at radius 3 is 2.80 bits per heavy atom. The second kappa shape index (κ2) is 4.09. The molecule has 0 aliphatic heterocycles. The van der Waals surface area contributed by atoms with Crippen LogP contribution in [0.15, 0.2) is 12.7 Å². The smallest absolute Gasteiger partial charge is 0.0381 e. The zero-order chi connectivity index (χ0) is 4.99. The van der Waals surface area contributed by atoms with Crippen LogP contribution in [0.3, 0.4) is 0 Å². The first-order valence-electron chi connectivity index (χ1n) is 2.06. The van der Waals surface area contributed by atoms with Crippen LogP contribution in [-0.2, 0) is 0 Å². The van der Waals surface area contributed by atoms with E-state index >= 15 is 0 Å². The van der Waals surface area contributed by atoms with Crippen LogP contribution < -0.4 is 0 Å². The van der Waals surface area contributed by atoms with Crippen molar-refractivity contribution >= 4 is 12.6 Å². The minimum Gasteiger partial charge on any atom is -0.179 e. The summed E-state index contributed by atoms with van der Waals surface area (Å²) < 4.78 is 6.77. The van der Waals surface area contributed by atoms with Gasteiger partial charge >= 0.3 is 0 Å². The number of hydrogen-bond donors (Lipinski definition) is 1. The second-order valence-electron chi connectivity index (χ2n) is 0.707. The highest BCUT2D eigenvalue weighted by Gasteiger charge is 1.62. The molecule has 0 bridgehead atoms. The minimum absolute atomic E-state index is 0.275. The van der Waals surface area contributed by atoms with E-state index in [0.717, 1.165) is 0 Å². The fourth-order valence-electron chi connectivity index (χ4n) is 0.0745. The standard InChI is InChI=1S/C4H8S/c1-2-3-4-5/h2,5H,1,3-4H2/i4D/t4-/m1/s1. The Bertz CT molecular complexity index is 42.8. The molecule has 0 spiro atoms. The number of allylic oxidation sites excluding steroid dienone is 1. The van der Waals surface area contributed by atoms with Gasteiger partial charge in [0.2, 0.25) is 0 Å². The average molecular weight is 89.2 g/mol. The summed E-state index contributed by atoms with van der Waals surface area (Å²) in [5.74, 6) is 0. The summed E-state index contributed by atoms with van der Waals surface area (Å²) in [6, 6.07) is 0. The first-order valence-corrected chi connectivity index (χ1v) is 2.00. The van der Waals surface area contributed by atoms with Gasteiger partial charge in [-0.25, -0.2) is 0 Å². The lowest BCUT2D eigenvalue weighted by molar-refractivity contribution is 1.26. The molecule has 0 aliphatic carbocycles. The molecule has 30 valence electrons. The van der Waals surface area contributed by atoms with Gasteiger partial charge in [-0.2, -0.15) is 12.6 Å². The van der Waals surface area contributed by atoms with Crippen molar-refractivity contribution in [2.45, 2.75) is 6.42 Å². The van der Waals surface area contributed by atoms with Crippen LogP contribution in [0.5, 0.6) is 0 Å². The van der Waals surface area contributed by atoms with Gasteiger partial charge in [0.15, 0.2) is 0 Å². The Labute approximate surface area is 39.7 Å². The quantitative estimate of drug-likeness (QED) is 0.384. The van der Waals surface area contributed by atoms with Gasteiger partial charge in [-0.15, -0.1) is 6.58 Å². The molecule has 0 rings (SSSR count). The summed E-state index contributed by atoms with van der Waals surface area (Å²) in [4.78, 5) is 0. The van der Waals surface area contributed by atoms with E-state index in [-0.39, 0.29) is 5.73 Å². The first-order chi connectivity index (χ1) is 2.77. The van der Waals surface area contributed by atoms with E-state index in [0.29, 0.717) is 6.42 Å². The van der Waals surface area contributed by atoms with Crippen molar-refractivity contribution in [3.8, 4) is 0 Å². The van der Waals surface area contributed by atoms with E-state index in [1.807, 2.05) is 0 Å². The van der Waals surface area contributed by atoms with Crippen molar-refractivity contribution in [2.24, 2.45) is 0 Å². The highest BCUT2D eigenvalue weighted by Crippen LogP contribution is 1.79. The van der Waals surface area contributed by atoms with E-state index in [4.69, 9.17) is 1.37 Å². The zero-order valence-electron chi connectivity index (χ0n) is 4.02. The number of rotatable bonds is 2. The number of thiol groups is 1. The van der Waals surface area contributed by atoms with Gasteiger partial charge in [-0.1, -0.05) is 6.08 Å². The fraction of sp³-hybridized carbons (Fsp3) is 0.500. The molecule has 0 amide bonds. The molecule has 0 nitrogen and oxygen atoms in total. The summed E-state index contributed by atoms with van der Waals surface area (Å²) in [6.07, 6.45) is 2.35. The van der Waals surface area contributed by atoms with Gasteiger partial charge in [-0.3, -0.25) is 0 Å². The molecule has 0 saturated heterocycles. The average Bonchev–Trinajstić information content (AvgIpc) is 1.35. The van der Waals surface area contributed by atoms with Gasteiger partial charge in [0.1, 0.15) is 0 Å². The molecule has 1 atom stereocenters. The lowest BCUT2D eigenvalue weighted by atomic mass is 10.5. The molecule has 0 radical (unpaired) electrons. The van der Waals surface area contributed by atoms with E-state index in [1.165, 1.54) is 0 Å². The predicted octanol–water partition coefficient (Wildman–Crippen LogP) is 1.49. The molecule has 1 heteroatoms. The SMILES string of the molecule is [2H][C@@H](S)CC=C. The third-order valence-electron chi connectivity index (χ3n) is 0.272. The molecule has 5 heavy (non-hydrogen) atoms. The van der Waals surface area contributed by atoms with E-state index < -0.39 is 0 Å². The number of hydrogen-bond acceptors (Lipinski definition) is 1. The van der Waals surface area contributed by atoms with Crippen LogP contribution in [0.25, 0.3) is 0 Å².